The molecule has 1 aromatic carbocycles. The summed E-state index contributed by atoms with van der Waals surface area (Å²) in [4.78, 5) is 31.8. The number of carbonyl (C=O) groups excluding carboxylic acids is 1. The average molecular weight is 330 g/mol. The topological polar surface area (TPSA) is 105 Å². The molecule has 0 saturated carbocycles. The second-order valence-corrected chi connectivity index (χ2v) is 5.22. The Morgan fingerprint density at radius 2 is 1.96 bits per heavy atom. The van der Waals surface area contributed by atoms with Crippen molar-refractivity contribution >= 4 is 17.9 Å². The lowest BCUT2D eigenvalue weighted by Gasteiger charge is -2.18. The van der Waals surface area contributed by atoms with Gasteiger partial charge in [-0.05, 0) is 23.8 Å². The van der Waals surface area contributed by atoms with E-state index < -0.39 is 18.1 Å². The molecule has 1 aromatic heterocycles. The standard InChI is InChI=1S/C16H18N4O4/c1-20(2)16(23)24-12-5-3-11(4-6-12)13(9-15(21)22)19-14-7-8-17-10-18-14/h3-8,10,13H,9H2,1-2H3,(H,21,22)(H,17,18,19). The maximum absolute atomic E-state index is 11.5. The van der Waals surface area contributed by atoms with Crippen LogP contribution >= 0.6 is 0 Å². The minimum absolute atomic E-state index is 0.124. The summed E-state index contributed by atoms with van der Waals surface area (Å²) in [5, 5.41) is 12.2. The first-order chi connectivity index (χ1) is 11.5. The van der Waals surface area contributed by atoms with Gasteiger partial charge in [0.1, 0.15) is 17.9 Å². The zero-order valence-corrected chi connectivity index (χ0v) is 13.3. The second kappa shape index (κ2) is 7.91. The Hall–Kier alpha value is -3.16. The molecule has 126 valence electrons. The lowest BCUT2D eigenvalue weighted by Crippen LogP contribution is -2.25. The Balaban J connectivity index is 2.14. The molecular formula is C16H18N4O4. The zero-order valence-electron chi connectivity index (χ0n) is 13.3. The van der Waals surface area contributed by atoms with E-state index in [2.05, 4.69) is 15.3 Å². The largest absolute Gasteiger partial charge is 0.481 e. The SMILES string of the molecule is CN(C)C(=O)Oc1ccc(C(CC(=O)O)Nc2ccncn2)cc1. The maximum atomic E-state index is 11.5. The van der Waals surface area contributed by atoms with Gasteiger partial charge in [-0.25, -0.2) is 14.8 Å². The Bertz CT molecular complexity index is 689. The van der Waals surface area contributed by atoms with Crippen LogP contribution in [0.1, 0.15) is 18.0 Å². The lowest BCUT2D eigenvalue weighted by molar-refractivity contribution is -0.137. The van der Waals surface area contributed by atoms with Crippen LogP contribution in [-0.2, 0) is 4.79 Å². The molecule has 0 saturated heterocycles. The highest BCUT2D eigenvalue weighted by molar-refractivity contribution is 5.70. The van der Waals surface area contributed by atoms with Crippen LogP contribution in [0.2, 0.25) is 0 Å². The number of nitrogens with zero attached hydrogens (tertiary/aromatic N) is 3. The number of amides is 1. The van der Waals surface area contributed by atoms with Crippen LogP contribution in [0.25, 0.3) is 0 Å². The summed E-state index contributed by atoms with van der Waals surface area (Å²) in [7, 11) is 3.18. The van der Waals surface area contributed by atoms with E-state index in [0.29, 0.717) is 11.6 Å². The number of aromatic nitrogens is 2. The summed E-state index contributed by atoms with van der Waals surface area (Å²) in [5.74, 6) is -0.0300. The van der Waals surface area contributed by atoms with E-state index in [1.165, 1.54) is 11.2 Å². The Morgan fingerprint density at radius 3 is 2.50 bits per heavy atom. The van der Waals surface area contributed by atoms with E-state index in [-0.39, 0.29) is 6.42 Å². The Morgan fingerprint density at radius 1 is 1.25 bits per heavy atom. The number of hydrogen-bond donors (Lipinski definition) is 2. The molecule has 1 atom stereocenters. The average Bonchev–Trinajstić information content (AvgIpc) is 2.55. The van der Waals surface area contributed by atoms with E-state index in [1.807, 2.05) is 0 Å². The normalized spacial score (nSPS) is 11.4. The van der Waals surface area contributed by atoms with Crippen molar-refractivity contribution in [3.05, 3.63) is 48.4 Å². The zero-order chi connectivity index (χ0) is 17.5. The molecule has 2 N–H and O–H groups in total. The third-order valence-electron chi connectivity index (χ3n) is 3.14. The number of rotatable bonds is 6. The number of carboxylic acid groups (broad SMARTS) is 1. The lowest BCUT2D eigenvalue weighted by atomic mass is 10.0. The summed E-state index contributed by atoms with van der Waals surface area (Å²) in [6.45, 7) is 0. The molecule has 1 heterocycles. The molecule has 0 fully saturated rings. The summed E-state index contributed by atoms with van der Waals surface area (Å²) in [6.07, 6.45) is 2.34. The fraction of sp³-hybridized carbons (Fsp3) is 0.250. The molecule has 1 unspecified atom stereocenters. The molecule has 24 heavy (non-hydrogen) atoms. The van der Waals surface area contributed by atoms with Crippen molar-refractivity contribution in [2.75, 3.05) is 19.4 Å². The quantitative estimate of drug-likeness (QED) is 0.836. The van der Waals surface area contributed by atoms with Gasteiger partial charge in [-0.2, -0.15) is 0 Å². The van der Waals surface area contributed by atoms with Gasteiger partial charge in [0.25, 0.3) is 0 Å². The Labute approximate surface area is 139 Å². The first kappa shape index (κ1) is 17.2. The third kappa shape index (κ3) is 4.94. The Kier molecular flexibility index (Phi) is 5.67. The van der Waals surface area contributed by atoms with Crippen LogP contribution < -0.4 is 10.1 Å². The monoisotopic (exact) mass is 330 g/mol. The van der Waals surface area contributed by atoms with Crippen molar-refractivity contribution in [2.24, 2.45) is 0 Å². The number of carboxylic acids is 1. The van der Waals surface area contributed by atoms with E-state index in [1.54, 1.807) is 50.6 Å². The predicted molar refractivity (Wildman–Crippen MR) is 86.8 cm³/mol. The molecule has 0 aliphatic carbocycles. The molecule has 2 aromatic rings. The summed E-state index contributed by atoms with van der Waals surface area (Å²) in [6, 6.07) is 7.83. The minimum Gasteiger partial charge on any atom is -0.481 e. The third-order valence-corrected chi connectivity index (χ3v) is 3.14. The van der Waals surface area contributed by atoms with Gasteiger partial charge in [0.05, 0.1) is 12.5 Å². The number of carbonyl (C=O) groups is 2. The van der Waals surface area contributed by atoms with E-state index in [4.69, 9.17) is 9.84 Å². The fourth-order valence-corrected chi connectivity index (χ4v) is 1.94. The van der Waals surface area contributed by atoms with E-state index in [9.17, 15) is 9.59 Å². The molecule has 2 rings (SSSR count). The molecule has 0 aliphatic heterocycles. The van der Waals surface area contributed by atoms with Crippen LogP contribution in [0.4, 0.5) is 10.6 Å². The van der Waals surface area contributed by atoms with Gasteiger partial charge < -0.3 is 20.1 Å². The molecule has 8 heteroatoms. The summed E-state index contributed by atoms with van der Waals surface area (Å²) < 4.78 is 5.14. The highest BCUT2D eigenvalue weighted by Crippen LogP contribution is 2.24. The molecule has 1 amide bonds. The van der Waals surface area contributed by atoms with Crippen LogP contribution in [0.5, 0.6) is 5.75 Å². The van der Waals surface area contributed by atoms with Crippen molar-refractivity contribution in [1.29, 1.82) is 0 Å². The molecule has 0 spiro atoms. The first-order valence-corrected chi connectivity index (χ1v) is 7.19. The van der Waals surface area contributed by atoms with Crippen molar-refractivity contribution in [1.82, 2.24) is 14.9 Å². The highest BCUT2D eigenvalue weighted by atomic mass is 16.6. The number of ether oxygens (including phenoxy) is 1. The second-order valence-electron chi connectivity index (χ2n) is 5.22. The smallest absolute Gasteiger partial charge is 0.414 e. The van der Waals surface area contributed by atoms with Crippen molar-refractivity contribution in [3.63, 3.8) is 0 Å². The van der Waals surface area contributed by atoms with Crippen molar-refractivity contribution in [3.8, 4) is 5.75 Å². The van der Waals surface area contributed by atoms with E-state index >= 15 is 0 Å². The fourth-order valence-electron chi connectivity index (χ4n) is 1.94. The van der Waals surface area contributed by atoms with Crippen molar-refractivity contribution in [2.45, 2.75) is 12.5 Å². The number of benzene rings is 1. The van der Waals surface area contributed by atoms with Crippen LogP contribution in [-0.4, -0.2) is 46.1 Å². The highest BCUT2D eigenvalue weighted by Gasteiger charge is 2.16. The van der Waals surface area contributed by atoms with Crippen molar-refractivity contribution < 1.29 is 19.4 Å². The van der Waals surface area contributed by atoms with Crippen LogP contribution in [0.3, 0.4) is 0 Å². The molecule has 0 aliphatic rings. The summed E-state index contributed by atoms with van der Waals surface area (Å²) in [5.41, 5.74) is 0.737. The van der Waals surface area contributed by atoms with Gasteiger partial charge >= 0.3 is 12.1 Å². The van der Waals surface area contributed by atoms with Gasteiger partial charge in [-0.1, -0.05) is 12.1 Å². The van der Waals surface area contributed by atoms with Gasteiger partial charge in [-0.3, -0.25) is 4.79 Å². The number of nitrogens with one attached hydrogen (secondary N) is 1. The molecule has 0 bridgehead atoms. The minimum atomic E-state index is -0.940. The molecule has 8 nitrogen and oxygen atoms in total. The van der Waals surface area contributed by atoms with Gasteiger partial charge in [0.2, 0.25) is 0 Å². The number of anilines is 1. The van der Waals surface area contributed by atoms with E-state index in [0.717, 1.165) is 5.56 Å². The van der Waals surface area contributed by atoms with Gasteiger partial charge in [-0.15, -0.1) is 0 Å². The summed E-state index contributed by atoms with van der Waals surface area (Å²) >= 11 is 0. The predicted octanol–water partition coefficient (Wildman–Crippen LogP) is 2.16. The van der Waals surface area contributed by atoms with Gasteiger partial charge in [0, 0.05) is 20.3 Å². The number of aliphatic carboxylic acids is 1. The van der Waals surface area contributed by atoms with Gasteiger partial charge in [0.15, 0.2) is 0 Å². The van der Waals surface area contributed by atoms with Crippen LogP contribution in [0, 0.1) is 0 Å². The molecular weight excluding hydrogens is 312 g/mol. The van der Waals surface area contributed by atoms with Crippen LogP contribution in [0.15, 0.2) is 42.9 Å². The molecule has 0 radical (unpaired) electrons. The maximum Gasteiger partial charge on any atom is 0.414 e. The first-order valence-electron chi connectivity index (χ1n) is 7.19. The number of hydrogen-bond acceptors (Lipinski definition) is 6.